The van der Waals surface area contributed by atoms with E-state index in [0.717, 1.165) is 42.1 Å². The number of carbonyl (C=O) groups is 1. The second kappa shape index (κ2) is 7.79. The van der Waals surface area contributed by atoms with E-state index in [1.807, 2.05) is 0 Å². The molecule has 0 fully saturated rings. The Morgan fingerprint density at radius 2 is 1.72 bits per heavy atom. The van der Waals surface area contributed by atoms with Gasteiger partial charge in [-0.25, -0.2) is 0 Å². The Kier molecular flexibility index (Phi) is 5.60. The van der Waals surface area contributed by atoms with Crippen molar-refractivity contribution in [3.63, 3.8) is 0 Å². The number of amides is 1. The topological polar surface area (TPSA) is 104 Å². The molecule has 3 aromatic rings. The number of alkyl halides is 6. The Morgan fingerprint density at radius 3 is 2.31 bits per heavy atom. The smallest absolute Gasteiger partial charge is 0.378 e. The lowest BCUT2D eigenvalue weighted by Gasteiger charge is -2.22. The van der Waals surface area contributed by atoms with Crippen LogP contribution in [0.3, 0.4) is 0 Å². The molecule has 0 spiro atoms. The molecule has 3 rings (SSSR count). The Balaban J connectivity index is 1.81. The van der Waals surface area contributed by atoms with Crippen molar-refractivity contribution in [1.29, 1.82) is 5.26 Å². The number of benzene rings is 2. The Morgan fingerprint density at radius 1 is 1.06 bits per heavy atom. The van der Waals surface area contributed by atoms with Gasteiger partial charge in [0.2, 0.25) is 0 Å². The molecule has 168 valence electrons. The van der Waals surface area contributed by atoms with Crippen LogP contribution in [0, 0.1) is 11.3 Å². The van der Waals surface area contributed by atoms with Crippen LogP contribution in [0.1, 0.15) is 23.6 Å². The second-order valence-corrected chi connectivity index (χ2v) is 7.03. The Labute approximate surface area is 175 Å². The van der Waals surface area contributed by atoms with Gasteiger partial charge in [0, 0.05) is 5.69 Å². The van der Waals surface area contributed by atoms with E-state index in [4.69, 9.17) is 5.26 Å². The first-order chi connectivity index (χ1) is 14.7. The van der Waals surface area contributed by atoms with Crippen molar-refractivity contribution in [3.8, 4) is 6.07 Å². The average Bonchev–Trinajstić information content (AvgIpc) is 3.07. The molecule has 32 heavy (non-hydrogen) atoms. The Hall–Kier alpha value is -3.66. The molecule has 2 N–H and O–H groups in total. The van der Waals surface area contributed by atoms with Gasteiger partial charge in [-0.1, -0.05) is 0 Å². The van der Waals surface area contributed by atoms with E-state index in [9.17, 15) is 36.2 Å². The summed E-state index contributed by atoms with van der Waals surface area (Å²) in [4.78, 5) is 13.2. The highest BCUT2D eigenvalue weighted by molar-refractivity contribution is 5.96. The quantitative estimate of drug-likeness (QED) is 0.581. The molecule has 0 bridgehead atoms. The number of fused-ring (bicyclic) bond motifs is 1. The zero-order chi connectivity index (χ0) is 23.9. The van der Waals surface area contributed by atoms with Crippen LogP contribution in [0.25, 0.3) is 11.0 Å². The number of anilines is 1. The van der Waals surface area contributed by atoms with Gasteiger partial charge in [-0.2, -0.15) is 46.6 Å². The standard InChI is InChI=1S/C19H13F6N5O2/c1-17(32,9-30-28-14-5-3-11(18(20,21)22)6-15(14)29-30)16(31)27-12-4-2-10(8-26)13(7-12)19(23,24)25/h2-7,32H,9H2,1H3,(H,27,31). The van der Waals surface area contributed by atoms with Gasteiger partial charge < -0.3 is 10.4 Å². The van der Waals surface area contributed by atoms with E-state index in [-0.39, 0.29) is 16.7 Å². The molecule has 0 saturated carbocycles. The predicted molar refractivity (Wildman–Crippen MR) is 97.9 cm³/mol. The van der Waals surface area contributed by atoms with Crippen molar-refractivity contribution < 1.29 is 36.2 Å². The molecule has 2 aromatic carbocycles. The average molecular weight is 457 g/mol. The summed E-state index contributed by atoms with van der Waals surface area (Å²) in [5.74, 6) is -1.12. The van der Waals surface area contributed by atoms with Crippen molar-refractivity contribution >= 4 is 22.6 Å². The summed E-state index contributed by atoms with van der Waals surface area (Å²) < 4.78 is 77.7. The van der Waals surface area contributed by atoms with Crippen LogP contribution in [0.5, 0.6) is 0 Å². The van der Waals surface area contributed by atoms with E-state index >= 15 is 0 Å². The van der Waals surface area contributed by atoms with Gasteiger partial charge in [0.25, 0.3) is 5.91 Å². The molecule has 0 radical (unpaired) electrons. The Bertz CT molecular complexity index is 1220. The van der Waals surface area contributed by atoms with Crippen LogP contribution < -0.4 is 5.32 Å². The van der Waals surface area contributed by atoms with Gasteiger partial charge in [-0.05, 0) is 43.3 Å². The second-order valence-electron chi connectivity index (χ2n) is 7.03. The molecule has 13 heteroatoms. The normalized spacial score (nSPS) is 14.1. The molecule has 0 aliphatic heterocycles. The fourth-order valence-corrected chi connectivity index (χ4v) is 2.77. The predicted octanol–water partition coefficient (Wildman–Crippen LogP) is 3.73. The highest BCUT2D eigenvalue weighted by Gasteiger charge is 2.36. The minimum atomic E-state index is -4.84. The van der Waals surface area contributed by atoms with Crippen LogP contribution in [0.2, 0.25) is 0 Å². The first kappa shape index (κ1) is 23.0. The molecule has 7 nitrogen and oxygen atoms in total. The molecule has 0 aliphatic rings. The summed E-state index contributed by atoms with van der Waals surface area (Å²) in [5, 5.41) is 29.1. The SMILES string of the molecule is CC(O)(Cn1nc2ccc(C(F)(F)F)cc2n1)C(=O)Nc1ccc(C#N)c(C(F)(F)F)c1. The van der Waals surface area contributed by atoms with Crippen LogP contribution >= 0.6 is 0 Å². The van der Waals surface area contributed by atoms with Gasteiger partial charge in [-0.15, -0.1) is 0 Å². The van der Waals surface area contributed by atoms with Crippen molar-refractivity contribution in [3.05, 3.63) is 53.1 Å². The number of aromatic nitrogens is 3. The van der Waals surface area contributed by atoms with E-state index in [2.05, 4.69) is 15.5 Å². The highest BCUT2D eigenvalue weighted by Crippen LogP contribution is 2.34. The minimum Gasteiger partial charge on any atom is -0.378 e. The number of hydrogen-bond acceptors (Lipinski definition) is 5. The largest absolute Gasteiger partial charge is 0.417 e. The summed E-state index contributed by atoms with van der Waals surface area (Å²) in [5.41, 5.74) is -5.48. The van der Waals surface area contributed by atoms with E-state index in [0.29, 0.717) is 6.07 Å². The third-order valence-electron chi connectivity index (χ3n) is 4.39. The molecular weight excluding hydrogens is 444 g/mol. The minimum absolute atomic E-state index is 0.0797. The number of aliphatic hydroxyl groups is 1. The van der Waals surface area contributed by atoms with Crippen LogP contribution in [-0.2, 0) is 23.7 Å². The summed E-state index contributed by atoms with van der Waals surface area (Å²) in [6, 6.07) is 6.50. The number of hydrogen-bond donors (Lipinski definition) is 2. The molecular formula is C19H13F6N5O2. The maximum Gasteiger partial charge on any atom is 0.417 e. The fraction of sp³-hybridized carbons (Fsp3) is 0.263. The third kappa shape index (κ3) is 4.80. The molecule has 1 atom stereocenters. The molecule has 0 aliphatic carbocycles. The summed E-state index contributed by atoms with van der Waals surface area (Å²) in [6.45, 7) is 0.434. The first-order valence-electron chi connectivity index (χ1n) is 8.78. The number of carbonyl (C=O) groups excluding carboxylic acids is 1. The van der Waals surface area contributed by atoms with Gasteiger partial charge in [-0.3, -0.25) is 4.79 Å². The monoisotopic (exact) mass is 457 g/mol. The third-order valence-corrected chi connectivity index (χ3v) is 4.39. The van der Waals surface area contributed by atoms with Crippen LogP contribution in [0.15, 0.2) is 36.4 Å². The summed E-state index contributed by atoms with van der Waals surface area (Å²) >= 11 is 0. The van der Waals surface area contributed by atoms with Gasteiger partial charge >= 0.3 is 12.4 Å². The van der Waals surface area contributed by atoms with Gasteiger partial charge in [0.15, 0.2) is 5.60 Å². The number of nitriles is 1. The summed E-state index contributed by atoms with van der Waals surface area (Å²) in [7, 11) is 0. The number of rotatable bonds is 4. The van der Waals surface area contributed by atoms with Crippen LogP contribution in [-0.4, -0.2) is 31.6 Å². The first-order valence-corrected chi connectivity index (χ1v) is 8.78. The van der Waals surface area contributed by atoms with Crippen molar-refractivity contribution in [2.24, 2.45) is 0 Å². The van der Waals surface area contributed by atoms with Crippen molar-refractivity contribution in [2.75, 3.05) is 5.32 Å². The zero-order valence-electron chi connectivity index (χ0n) is 16.1. The number of halogens is 6. The molecule has 1 amide bonds. The van der Waals surface area contributed by atoms with Crippen molar-refractivity contribution in [1.82, 2.24) is 15.0 Å². The zero-order valence-corrected chi connectivity index (χ0v) is 16.1. The molecule has 1 unspecified atom stereocenters. The highest BCUT2D eigenvalue weighted by atomic mass is 19.4. The number of nitrogens with zero attached hydrogens (tertiary/aromatic N) is 4. The van der Waals surface area contributed by atoms with E-state index in [1.54, 1.807) is 0 Å². The van der Waals surface area contributed by atoms with Crippen LogP contribution in [0.4, 0.5) is 32.0 Å². The molecule has 0 saturated heterocycles. The fourth-order valence-electron chi connectivity index (χ4n) is 2.77. The van der Waals surface area contributed by atoms with E-state index in [1.165, 1.54) is 6.07 Å². The van der Waals surface area contributed by atoms with Gasteiger partial charge in [0.05, 0.1) is 29.3 Å². The lowest BCUT2D eigenvalue weighted by molar-refractivity contribution is -0.138. The van der Waals surface area contributed by atoms with Gasteiger partial charge in [0.1, 0.15) is 11.0 Å². The lowest BCUT2D eigenvalue weighted by atomic mass is 10.0. The lowest BCUT2D eigenvalue weighted by Crippen LogP contribution is -2.44. The maximum atomic E-state index is 13.1. The maximum absolute atomic E-state index is 13.1. The molecule has 1 heterocycles. The van der Waals surface area contributed by atoms with Crippen molar-refractivity contribution in [2.45, 2.75) is 31.4 Å². The van der Waals surface area contributed by atoms with E-state index < -0.39 is 47.1 Å². The molecule has 1 aromatic heterocycles. The number of nitrogens with one attached hydrogen (secondary N) is 1. The summed E-state index contributed by atoms with van der Waals surface area (Å²) in [6.07, 6.45) is -9.44.